The SMILES string of the molecule is Oc1c(-c2ccccc2)ccc2c1C1(CC2)CCc2ccc(-c3ccccc3)c(O)c21. The molecule has 4 aromatic rings. The van der Waals surface area contributed by atoms with Crippen LogP contribution in [0, 0.1) is 0 Å². The summed E-state index contributed by atoms with van der Waals surface area (Å²) in [6.45, 7) is 0. The molecule has 2 N–H and O–H groups in total. The van der Waals surface area contributed by atoms with Crippen LogP contribution >= 0.6 is 0 Å². The molecule has 0 heterocycles. The molecule has 0 saturated carbocycles. The van der Waals surface area contributed by atoms with E-state index in [1.807, 2.05) is 72.8 Å². The third-order valence-corrected chi connectivity index (χ3v) is 7.30. The van der Waals surface area contributed by atoms with Crippen molar-refractivity contribution in [3.05, 3.63) is 107 Å². The lowest BCUT2D eigenvalue weighted by Gasteiger charge is -2.29. The van der Waals surface area contributed by atoms with Crippen LogP contribution < -0.4 is 0 Å². The van der Waals surface area contributed by atoms with E-state index in [2.05, 4.69) is 12.1 Å². The third-order valence-electron chi connectivity index (χ3n) is 7.30. The summed E-state index contributed by atoms with van der Waals surface area (Å²) in [6.07, 6.45) is 3.69. The minimum atomic E-state index is -0.325. The van der Waals surface area contributed by atoms with Crippen molar-refractivity contribution in [2.24, 2.45) is 0 Å². The van der Waals surface area contributed by atoms with Gasteiger partial charge in [-0.25, -0.2) is 0 Å². The number of hydrogen-bond donors (Lipinski definition) is 2. The number of phenolic OH excluding ortho intramolecular Hbond substituents is 2. The van der Waals surface area contributed by atoms with Gasteiger partial charge in [-0.2, -0.15) is 0 Å². The van der Waals surface area contributed by atoms with Crippen molar-refractivity contribution in [2.75, 3.05) is 0 Å². The molecule has 0 amide bonds. The van der Waals surface area contributed by atoms with Crippen LogP contribution in [-0.2, 0) is 18.3 Å². The van der Waals surface area contributed by atoms with Crippen molar-refractivity contribution >= 4 is 0 Å². The number of benzene rings is 4. The maximum atomic E-state index is 11.5. The molecular formula is C29H24O2. The molecule has 6 rings (SSSR count). The zero-order chi connectivity index (χ0) is 21.0. The van der Waals surface area contributed by atoms with E-state index < -0.39 is 0 Å². The first kappa shape index (κ1) is 18.3. The molecule has 0 aromatic heterocycles. The standard InChI is InChI=1S/C29H24O2/c30-27-23(19-7-3-1-4-8-19)13-11-21-15-17-29(25(21)27)18-16-22-12-14-24(28(31)26(22)29)20-9-5-2-6-10-20/h1-14,30-31H,15-18H2. The second kappa shape index (κ2) is 6.75. The summed E-state index contributed by atoms with van der Waals surface area (Å²) in [5.74, 6) is 0.747. The lowest BCUT2D eigenvalue weighted by molar-refractivity contribution is 0.418. The summed E-state index contributed by atoms with van der Waals surface area (Å²) in [5.41, 5.74) is 7.90. The molecule has 2 aliphatic carbocycles. The van der Waals surface area contributed by atoms with Crippen molar-refractivity contribution in [3.63, 3.8) is 0 Å². The van der Waals surface area contributed by atoms with E-state index in [-0.39, 0.29) is 5.41 Å². The fourth-order valence-corrected chi connectivity index (χ4v) is 5.90. The number of fused-ring (bicyclic) bond motifs is 4. The summed E-state index contributed by atoms with van der Waals surface area (Å²) >= 11 is 0. The molecule has 0 fully saturated rings. The normalized spacial score (nSPS) is 15.7. The summed E-state index contributed by atoms with van der Waals surface area (Å²) in [6, 6.07) is 28.6. The smallest absolute Gasteiger partial charge is 0.127 e. The first-order valence-corrected chi connectivity index (χ1v) is 11.0. The van der Waals surface area contributed by atoms with E-state index in [1.165, 1.54) is 11.1 Å². The van der Waals surface area contributed by atoms with E-state index in [0.717, 1.165) is 59.1 Å². The molecule has 0 aliphatic heterocycles. The molecular weight excluding hydrogens is 380 g/mol. The zero-order valence-electron chi connectivity index (χ0n) is 17.3. The molecule has 152 valence electrons. The molecule has 1 spiro atoms. The molecule has 0 radical (unpaired) electrons. The summed E-state index contributed by atoms with van der Waals surface area (Å²) < 4.78 is 0. The number of rotatable bonds is 2. The Bertz CT molecular complexity index is 1190. The average molecular weight is 405 g/mol. The van der Waals surface area contributed by atoms with E-state index in [1.54, 1.807) is 0 Å². The van der Waals surface area contributed by atoms with Crippen LogP contribution in [0.2, 0.25) is 0 Å². The fraction of sp³-hybridized carbons (Fsp3) is 0.172. The average Bonchev–Trinajstić information content (AvgIpc) is 3.38. The first-order chi connectivity index (χ1) is 15.2. The van der Waals surface area contributed by atoms with Gasteiger partial charge in [0.15, 0.2) is 0 Å². The quantitative estimate of drug-likeness (QED) is 0.395. The predicted octanol–water partition coefficient (Wildman–Crippen LogP) is 6.61. The highest BCUT2D eigenvalue weighted by atomic mass is 16.3. The Morgan fingerprint density at radius 1 is 0.516 bits per heavy atom. The predicted molar refractivity (Wildman–Crippen MR) is 125 cm³/mol. The van der Waals surface area contributed by atoms with Gasteiger partial charge in [0.1, 0.15) is 11.5 Å². The maximum Gasteiger partial charge on any atom is 0.127 e. The van der Waals surface area contributed by atoms with Crippen LogP contribution in [0.1, 0.15) is 35.1 Å². The Kier molecular flexibility index (Phi) is 3.97. The van der Waals surface area contributed by atoms with Gasteiger partial charge in [-0.1, -0.05) is 84.9 Å². The molecule has 2 heteroatoms. The fourth-order valence-electron chi connectivity index (χ4n) is 5.90. The Morgan fingerprint density at radius 3 is 1.35 bits per heavy atom. The van der Waals surface area contributed by atoms with E-state index in [4.69, 9.17) is 0 Å². The van der Waals surface area contributed by atoms with Gasteiger partial charge in [0.05, 0.1) is 0 Å². The Balaban J connectivity index is 1.58. The Morgan fingerprint density at radius 2 is 0.935 bits per heavy atom. The van der Waals surface area contributed by atoms with Crippen LogP contribution in [0.4, 0.5) is 0 Å². The molecule has 2 nitrogen and oxygen atoms in total. The highest BCUT2D eigenvalue weighted by Crippen LogP contribution is 2.59. The lowest BCUT2D eigenvalue weighted by atomic mass is 9.74. The van der Waals surface area contributed by atoms with Crippen LogP contribution in [0.15, 0.2) is 84.9 Å². The van der Waals surface area contributed by atoms with Gasteiger partial charge in [0, 0.05) is 27.7 Å². The van der Waals surface area contributed by atoms with E-state index >= 15 is 0 Å². The maximum absolute atomic E-state index is 11.5. The van der Waals surface area contributed by atoms with E-state index in [9.17, 15) is 10.2 Å². The highest BCUT2D eigenvalue weighted by molar-refractivity contribution is 5.79. The van der Waals surface area contributed by atoms with Crippen LogP contribution in [0.25, 0.3) is 22.3 Å². The summed E-state index contributed by atoms with van der Waals surface area (Å²) in [7, 11) is 0. The van der Waals surface area contributed by atoms with Gasteiger partial charge in [-0.05, 0) is 47.9 Å². The van der Waals surface area contributed by atoms with Crippen LogP contribution in [0.3, 0.4) is 0 Å². The molecule has 0 unspecified atom stereocenters. The topological polar surface area (TPSA) is 40.5 Å². The van der Waals surface area contributed by atoms with Gasteiger partial charge in [-0.3, -0.25) is 0 Å². The van der Waals surface area contributed by atoms with Gasteiger partial charge in [0.25, 0.3) is 0 Å². The van der Waals surface area contributed by atoms with Crippen LogP contribution in [0.5, 0.6) is 11.5 Å². The number of phenols is 2. The monoisotopic (exact) mass is 404 g/mol. The highest BCUT2D eigenvalue weighted by Gasteiger charge is 2.49. The summed E-state index contributed by atoms with van der Waals surface area (Å²) in [4.78, 5) is 0. The Labute approximate surface area is 182 Å². The van der Waals surface area contributed by atoms with Crippen molar-refractivity contribution < 1.29 is 10.2 Å². The number of aryl methyl sites for hydroxylation is 2. The van der Waals surface area contributed by atoms with Crippen molar-refractivity contribution in [1.82, 2.24) is 0 Å². The minimum absolute atomic E-state index is 0.325. The van der Waals surface area contributed by atoms with E-state index in [0.29, 0.717) is 11.5 Å². The minimum Gasteiger partial charge on any atom is -0.507 e. The Hall–Kier alpha value is -3.52. The van der Waals surface area contributed by atoms with Crippen molar-refractivity contribution in [3.8, 4) is 33.8 Å². The lowest BCUT2D eigenvalue weighted by Crippen LogP contribution is -2.21. The second-order valence-corrected chi connectivity index (χ2v) is 8.81. The van der Waals surface area contributed by atoms with Gasteiger partial charge in [0.2, 0.25) is 0 Å². The largest absolute Gasteiger partial charge is 0.507 e. The molecule has 0 bridgehead atoms. The number of aromatic hydroxyl groups is 2. The van der Waals surface area contributed by atoms with Crippen molar-refractivity contribution in [2.45, 2.75) is 31.1 Å². The third kappa shape index (κ3) is 2.58. The van der Waals surface area contributed by atoms with Gasteiger partial charge in [-0.15, -0.1) is 0 Å². The molecule has 31 heavy (non-hydrogen) atoms. The number of hydrogen-bond acceptors (Lipinski definition) is 2. The molecule has 4 aromatic carbocycles. The molecule has 0 atom stereocenters. The van der Waals surface area contributed by atoms with Crippen LogP contribution in [-0.4, -0.2) is 10.2 Å². The van der Waals surface area contributed by atoms with Gasteiger partial charge >= 0.3 is 0 Å². The second-order valence-electron chi connectivity index (χ2n) is 8.81. The first-order valence-electron chi connectivity index (χ1n) is 11.0. The van der Waals surface area contributed by atoms with Gasteiger partial charge < -0.3 is 10.2 Å². The molecule has 0 saturated heterocycles. The van der Waals surface area contributed by atoms with Crippen molar-refractivity contribution in [1.29, 1.82) is 0 Å². The zero-order valence-corrected chi connectivity index (χ0v) is 17.3. The molecule has 2 aliphatic rings. The summed E-state index contributed by atoms with van der Waals surface area (Å²) in [5, 5.41) is 23.0.